The minimum absolute atomic E-state index is 0. The van der Waals surface area contributed by atoms with Crippen molar-refractivity contribution in [2.24, 2.45) is 0 Å². The highest BCUT2D eigenvalue weighted by Crippen LogP contribution is 2.28. The summed E-state index contributed by atoms with van der Waals surface area (Å²) in [5, 5.41) is 0. The highest BCUT2D eigenvalue weighted by molar-refractivity contribution is 9.10. The van der Waals surface area contributed by atoms with Gasteiger partial charge in [-0.15, -0.1) is 17.0 Å². The Kier molecular flexibility index (Phi) is 4.19. The van der Waals surface area contributed by atoms with E-state index in [4.69, 9.17) is 0 Å². The lowest BCUT2D eigenvalue weighted by molar-refractivity contribution is -0.141. The van der Waals surface area contributed by atoms with Crippen LogP contribution in [0.15, 0.2) is 22.8 Å². The molecule has 0 fully saturated rings. The first kappa shape index (κ1) is 11.9. The third-order valence-electron chi connectivity index (χ3n) is 1.01. The minimum Gasteiger partial charge on any atom is -0.252 e. The van der Waals surface area contributed by atoms with Crippen LogP contribution in [0.25, 0.3) is 0 Å². The molecule has 0 unspecified atom stereocenters. The molecular formula is C6H4Br2F3N. The number of nitrogens with zero attached hydrogens (tertiary/aromatic N) is 1. The Morgan fingerprint density at radius 3 is 2.25 bits per heavy atom. The van der Waals surface area contributed by atoms with Crippen molar-refractivity contribution in [2.75, 3.05) is 0 Å². The minimum atomic E-state index is -4.36. The van der Waals surface area contributed by atoms with E-state index in [2.05, 4.69) is 20.9 Å². The molecule has 0 aliphatic rings. The molecule has 1 nitrogen and oxygen atoms in total. The zero-order valence-corrected chi connectivity index (χ0v) is 8.90. The standard InChI is InChI=1S/C6H3BrF3N.BrH/c7-4-1-2-11-5(3-4)6(8,9)10;/h1-3H;1H. The molecule has 6 heteroatoms. The Balaban J connectivity index is 0.00000121. The molecular weight excluding hydrogens is 303 g/mol. The second kappa shape index (κ2) is 4.23. The maximum Gasteiger partial charge on any atom is 0.433 e. The molecule has 12 heavy (non-hydrogen) atoms. The van der Waals surface area contributed by atoms with Crippen LogP contribution in [-0.4, -0.2) is 4.98 Å². The molecule has 0 radical (unpaired) electrons. The molecule has 1 aromatic heterocycles. The van der Waals surface area contributed by atoms with E-state index in [1.54, 1.807) is 0 Å². The van der Waals surface area contributed by atoms with Crippen LogP contribution in [0.1, 0.15) is 5.69 Å². The van der Waals surface area contributed by atoms with Gasteiger partial charge in [0.2, 0.25) is 0 Å². The second-order valence-electron chi connectivity index (χ2n) is 1.86. The number of pyridine rings is 1. The molecule has 0 amide bonds. The molecule has 0 spiro atoms. The van der Waals surface area contributed by atoms with Gasteiger partial charge in [0.05, 0.1) is 0 Å². The first-order chi connectivity index (χ1) is 5.00. The predicted octanol–water partition coefficient (Wildman–Crippen LogP) is 3.44. The van der Waals surface area contributed by atoms with Crippen LogP contribution >= 0.6 is 32.9 Å². The van der Waals surface area contributed by atoms with Crippen molar-refractivity contribution < 1.29 is 13.2 Å². The van der Waals surface area contributed by atoms with E-state index >= 15 is 0 Å². The maximum absolute atomic E-state index is 11.9. The highest BCUT2D eigenvalue weighted by atomic mass is 79.9. The number of alkyl halides is 3. The lowest BCUT2D eigenvalue weighted by Crippen LogP contribution is -2.06. The van der Waals surface area contributed by atoms with E-state index < -0.39 is 11.9 Å². The summed E-state index contributed by atoms with van der Waals surface area (Å²) in [5.74, 6) is 0. The molecule has 1 rings (SSSR count). The van der Waals surface area contributed by atoms with Gasteiger partial charge in [0, 0.05) is 10.7 Å². The summed E-state index contributed by atoms with van der Waals surface area (Å²) >= 11 is 2.91. The molecule has 0 N–H and O–H groups in total. The largest absolute Gasteiger partial charge is 0.433 e. The van der Waals surface area contributed by atoms with Gasteiger partial charge in [0.1, 0.15) is 5.69 Å². The average molecular weight is 307 g/mol. The Bertz CT molecular complexity index is 261. The van der Waals surface area contributed by atoms with Crippen molar-refractivity contribution in [2.45, 2.75) is 6.18 Å². The summed E-state index contributed by atoms with van der Waals surface area (Å²) < 4.78 is 36.0. The van der Waals surface area contributed by atoms with E-state index in [1.807, 2.05) is 0 Å². The first-order valence-corrected chi connectivity index (χ1v) is 3.48. The Morgan fingerprint density at radius 2 is 1.92 bits per heavy atom. The van der Waals surface area contributed by atoms with Crippen molar-refractivity contribution in [1.82, 2.24) is 4.98 Å². The van der Waals surface area contributed by atoms with Crippen molar-refractivity contribution >= 4 is 32.9 Å². The van der Waals surface area contributed by atoms with Crippen molar-refractivity contribution in [3.63, 3.8) is 0 Å². The molecule has 0 aromatic carbocycles. The molecule has 0 bridgehead atoms. The van der Waals surface area contributed by atoms with E-state index in [0.29, 0.717) is 4.47 Å². The molecule has 1 heterocycles. The summed E-state index contributed by atoms with van der Waals surface area (Å²) in [6.07, 6.45) is -3.25. The van der Waals surface area contributed by atoms with E-state index in [1.165, 1.54) is 6.07 Å². The van der Waals surface area contributed by atoms with Crippen molar-refractivity contribution in [3.05, 3.63) is 28.5 Å². The number of aromatic nitrogens is 1. The van der Waals surface area contributed by atoms with Crippen LogP contribution in [0, 0.1) is 0 Å². The lowest BCUT2D eigenvalue weighted by Gasteiger charge is -2.03. The van der Waals surface area contributed by atoms with Gasteiger partial charge in [-0.1, -0.05) is 15.9 Å². The molecule has 68 valence electrons. The molecule has 0 saturated heterocycles. The summed E-state index contributed by atoms with van der Waals surface area (Å²) in [4.78, 5) is 3.16. The Hall–Kier alpha value is -0.100. The second-order valence-corrected chi connectivity index (χ2v) is 2.77. The van der Waals surface area contributed by atoms with Gasteiger partial charge in [-0.3, -0.25) is 4.98 Å². The lowest BCUT2D eigenvalue weighted by atomic mass is 10.3. The van der Waals surface area contributed by atoms with Crippen LogP contribution in [0.4, 0.5) is 13.2 Å². The molecule has 0 atom stereocenters. The third kappa shape index (κ3) is 3.10. The van der Waals surface area contributed by atoms with Crippen LogP contribution < -0.4 is 0 Å². The van der Waals surface area contributed by atoms with Crippen LogP contribution in [-0.2, 0) is 6.18 Å². The monoisotopic (exact) mass is 305 g/mol. The zero-order valence-electron chi connectivity index (χ0n) is 5.60. The summed E-state index contributed by atoms with van der Waals surface area (Å²) in [7, 11) is 0. The number of halogens is 5. The van der Waals surface area contributed by atoms with Gasteiger partial charge in [-0.05, 0) is 12.1 Å². The third-order valence-corrected chi connectivity index (χ3v) is 1.51. The average Bonchev–Trinajstić information content (AvgIpc) is 1.86. The zero-order chi connectivity index (χ0) is 8.48. The Morgan fingerprint density at radius 1 is 1.33 bits per heavy atom. The topological polar surface area (TPSA) is 12.9 Å². The van der Waals surface area contributed by atoms with Crippen LogP contribution in [0.2, 0.25) is 0 Å². The van der Waals surface area contributed by atoms with Gasteiger partial charge < -0.3 is 0 Å². The normalized spacial score (nSPS) is 10.7. The molecule has 1 aromatic rings. The fraction of sp³-hybridized carbons (Fsp3) is 0.167. The number of hydrogen-bond donors (Lipinski definition) is 0. The molecule has 0 aliphatic heterocycles. The number of rotatable bonds is 0. The fourth-order valence-corrected chi connectivity index (χ4v) is 0.895. The van der Waals surface area contributed by atoms with Gasteiger partial charge in [0.15, 0.2) is 0 Å². The quantitative estimate of drug-likeness (QED) is 0.715. The van der Waals surface area contributed by atoms with Crippen LogP contribution in [0.3, 0.4) is 0 Å². The summed E-state index contributed by atoms with van der Waals surface area (Å²) in [6.45, 7) is 0. The van der Waals surface area contributed by atoms with E-state index in [0.717, 1.165) is 12.3 Å². The van der Waals surface area contributed by atoms with Crippen molar-refractivity contribution in [3.8, 4) is 0 Å². The van der Waals surface area contributed by atoms with Crippen molar-refractivity contribution in [1.29, 1.82) is 0 Å². The predicted molar refractivity (Wildman–Crippen MR) is 47.3 cm³/mol. The number of hydrogen-bond acceptors (Lipinski definition) is 1. The van der Waals surface area contributed by atoms with Gasteiger partial charge >= 0.3 is 6.18 Å². The SMILES string of the molecule is Br.FC(F)(F)c1cc(Br)ccn1. The van der Waals surface area contributed by atoms with Gasteiger partial charge in [-0.2, -0.15) is 13.2 Å². The van der Waals surface area contributed by atoms with Gasteiger partial charge in [0.25, 0.3) is 0 Å². The molecule has 0 saturated carbocycles. The van der Waals surface area contributed by atoms with Crippen LogP contribution in [0.5, 0.6) is 0 Å². The van der Waals surface area contributed by atoms with E-state index in [-0.39, 0.29) is 17.0 Å². The first-order valence-electron chi connectivity index (χ1n) is 2.69. The summed E-state index contributed by atoms with van der Waals surface area (Å²) in [5.41, 5.74) is -0.883. The Labute approximate surface area is 85.9 Å². The summed E-state index contributed by atoms with van der Waals surface area (Å²) in [6, 6.07) is 2.37. The fourth-order valence-electron chi connectivity index (χ4n) is 0.560. The maximum atomic E-state index is 11.9. The van der Waals surface area contributed by atoms with E-state index in [9.17, 15) is 13.2 Å². The molecule has 0 aliphatic carbocycles. The van der Waals surface area contributed by atoms with Gasteiger partial charge in [-0.25, -0.2) is 0 Å². The highest BCUT2D eigenvalue weighted by Gasteiger charge is 2.32. The smallest absolute Gasteiger partial charge is 0.252 e.